The van der Waals surface area contributed by atoms with Gasteiger partial charge in [-0.2, -0.15) is 0 Å². The fourth-order valence-corrected chi connectivity index (χ4v) is 2.84. The third-order valence-corrected chi connectivity index (χ3v) is 4.12. The zero-order chi connectivity index (χ0) is 13.0. The summed E-state index contributed by atoms with van der Waals surface area (Å²) in [6.07, 6.45) is 4.28. The van der Waals surface area contributed by atoms with Crippen LogP contribution in [0, 0.1) is 5.92 Å². The normalized spacial score (nSPS) is 23.6. The Bertz CT molecular complexity index is 363. The Morgan fingerprint density at radius 3 is 2.61 bits per heavy atom. The first-order valence-electron chi connectivity index (χ1n) is 7.13. The van der Waals surface area contributed by atoms with Crippen molar-refractivity contribution in [3.63, 3.8) is 0 Å². The predicted molar refractivity (Wildman–Crippen MR) is 74.5 cm³/mol. The van der Waals surface area contributed by atoms with Gasteiger partial charge < -0.3 is 5.32 Å². The van der Waals surface area contributed by atoms with Crippen LogP contribution in [0.2, 0.25) is 0 Å². The van der Waals surface area contributed by atoms with Gasteiger partial charge in [0.15, 0.2) is 0 Å². The number of rotatable bonds is 4. The van der Waals surface area contributed by atoms with Crippen molar-refractivity contribution in [1.29, 1.82) is 0 Å². The highest BCUT2D eigenvalue weighted by Crippen LogP contribution is 2.37. The van der Waals surface area contributed by atoms with Gasteiger partial charge in [0.05, 0.1) is 0 Å². The van der Waals surface area contributed by atoms with Crippen LogP contribution in [0.1, 0.15) is 44.2 Å². The van der Waals surface area contributed by atoms with Crippen molar-refractivity contribution in [2.75, 3.05) is 13.1 Å². The predicted octanol–water partition coefficient (Wildman–Crippen LogP) is 3.82. The maximum absolute atomic E-state index is 15.0. The Labute approximate surface area is 110 Å². The molecular weight excluding hydrogens is 225 g/mol. The summed E-state index contributed by atoms with van der Waals surface area (Å²) in [6.45, 7) is 5.73. The molecule has 0 bridgehead atoms. The summed E-state index contributed by atoms with van der Waals surface area (Å²) in [5, 5.41) is 3.30. The van der Waals surface area contributed by atoms with Crippen LogP contribution in [0.15, 0.2) is 24.3 Å². The molecule has 2 rings (SSSR count). The first kappa shape index (κ1) is 13.5. The summed E-state index contributed by atoms with van der Waals surface area (Å²) >= 11 is 0. The molecule has 1 aromatic rings. The van der Waals surface area contributed by atoms with Crippen LogP contribution >= 0.6 is 0 Å². The SMILES string of the molecule is CCCc1ccc(C(C)(F)C2CCCNC2)cc1. The molecule has 2 unspecified atom stereocenters. The molecule has 0 aromatic heterocycles. The lowest BCUT2D eigenvalue weighted by Crippen LogP contribution is -2.39. The van der Waals surface area contributed by atoms with E-state index in [4.69, 9.17) is 0 Å². The van der Waals surface area contributed by atoms with E-state index >= 15 is 0 Å². The fraction of sp³-hybridized carbons (Fsp3) is 0.625. The zero-order valence-electron chi connectivity index (χ0n) is 11.5. The summed E-state index contributed by atoms with van der Waals surface area (Å²) in [5.74, 6) is 0.100. The van der Waals surface area contributed by atoms with Gasteiger partial charge in [0.25, 0.3) is 0 Å². The van der Waals surface area contributed by atoms with Crippen LogP contribution < -0.4 is 5.32 Å². The average molecular weight is 249 g/mol. The topological polar surface area (TPSA) is 12.0 Å². The average Bonchev–Trinajstić information content (AvgIpc) is 2.41. The summed E-state index contributed by atoms with van der Waals surface area (Å²) in [4.78, 5) is 0. The van der Waals surface area contributed by atoms with Gasteiger partial charge in [-0.05, 0) is 43.9 Å². The quantitative estimate of drug-likeness (QED) is 0.855. The standard InChI is InChI=1S/C16H24FN/c1-3-5-13-7-9-14(10-8-13)16(2,17)15-6-4-11-18-12-15/h7-10,15,18H,3-6,11-12H2,1-2H3. The number of benzene rings is 1. The lowest BCUT2D eigenvalue weighted by molar-refractivity contribution is 0.0812. The second kappa shape index (κ2) is 5.83. The molecule has 0 amide bonds. The van der Waals surface area contributed by atoms with Gasteiger partial charge in [0, 0.05) is 12.5 Å². The van der Waals surface area contributed by atoms with E-state index in [1.54, 1.807) is 6.92 Å². The molecule has 0 aliphatic carbocycles. The Morgan fingerprint density at radius 1 is 1.33 bits per heavy atom. The molecule has 1 N–H and O–H groups in total. The van der Waals surface area contributed by atoms with E-state index in [0.717, 1.165) is 44.3 Å². The smallest absolute Gasteiger partial charge is 0.137 e. The van der Waals surface area contributed by atoms with Crippen LogP contribution in [0.3, 0.4) is 0 Å². The maximum Gasteiger partial charge on any atom is 0.137 e. The van der Waals surface area contributed by atoms with Gasteiger partial charge >= 0.3 is 0 Å². The van der Waals surface area contributed by atoms with Crippen molar-refractivity contribution in [1.82, 2.24) is 5.32 Å². The van der Waals surface area contributed by atoms with Crippen LogP contribution in [-0.4, -0.2) is 13.1 Å². The van der Waals surface area contributed by atoms with Crippen molar-refractivity contribution >= 4 is 0 Å². The van der Waals surface area contributed by atoms with Crippen LogP contribution in [0.4, 0.5) is 4.39 Å². The minimum atomic E-state index is -1.21. The molecule has 2 atom stereocenters. The van der Waals surface area contributed by atoms with Crippen molar-refractivity contribution in [3.8, 4) is 0 Å². The zero-order valence-corrected chi connectivity index (χ0v) is 11.5. The van der Waals surface area contributed by atoms with E-state index in [-0.39, 0.29) is 5.92 Å². The molecule has 100 valence electrons. The van der Waals surface area contributed by atoms with Crippen LogP contribution in [0.5, 0.6) is 0 Å². The molecule has 0 radical (unpaired) electrons. The molecule has 1 fully saturated rings. The first-order valence-corrected chi connectivity index (χ1v) is 7.13. The summed E-state index contributed by atoms with van der Waals surface area (Å²) in [7, 11) is 0. The van der Waals surface area contributed by atoms with Crippen LogP contribution in [0.25, 0.3) is 0 Å². The lowest BCUT2D eigenvalue weighted by atomic mass is 9.80. The molecule has 0 spiro atoms. The Balaban J connectivity index is 2.12. The van der Waals surface area contributed by atoms with Gasteiger partial charge in [0.1, 0.15) is 5.67 Å². The highest BCUT2D eigenvalue weighted by atomic mass is 19.1. The molecule has 18 heavy (non-hydrogen) atoms. The van der Waals surface area contributed by atoms with Gasteiger partial charge in [-0.1, -0.05) is 37.6 Å². The Morgan fingerprint density at radius 2 is 2.06 bits per heavy atom. The van der Waals surface area contributed by atoms with Gasteiger partial charge in [-0.25, -0.2) is 4.39 Å². The number of hydrogen-bond donors (Lipinski definition) is 1. The molecule has 0 saturated carbocycles. The summed E-state index contributed by atoms with van der Waals surface area (Å²) < 4.78 is 15.0. The number of halogens is 1. The number of hydrogen-bond acceptors (Lipinski definition) is 1. The lowest BCUT2D eigenvalue weighted by Gasteiger charge is -2.34. The summed E-state index contributed by atoms with van der Waals surface area (Å²) in [5.41, 5.74) is 0.924. The molecule has 1 heterocycles. The van der Waals surface area contributed by atoms with Crippen molar-refractivity contribution in [3.05, 3.63) is 35.4 Å². The van der Waals surface area contributed by atoms with Crippen molar-refractivity contribution in [2.24, 2.45) is 5.92 Å². The van der Waals surface area contributed by atoms with Crippen LogP contribution in [-0.2, 0) is 12.1 Å². The molecule has 1 aliphatic rings. The molecule has 2 heteroatoms. The van der Waals surface area contributed by atoms with E-state index < -0.39 is 5.67 Å². The molecular formula is C16H24FN. The largest absolute Gasteiger partial charge is 0.316 e. The van der Waals surface area contributed by atoms with E-state index in [9.17, 15) is 4.39 Å². The second-order valence-corrected chi connectivity index (χ2v) is 5.57. The number of alkyl halides is 1. The molecule has 1 saturated heterocycles. The Kier molecular flexibility index (Phi) is 4.39. The minimum absolute atomic E-state index is 0.100. The minimum Gasteiger partial charge on any atom is -0.316 e. The van der Waals surface area contributed by atoms with E-state index in [1.807, 2.05) is 12.1 Å². The van der Waals surface area contributed by atoms with Crippen molar-refractivity contribution < 1.29 is 4.39 Å². The number of nitrogens with one attached hydrogen (secondary N) is 1. The highest BCUT2D eigenvalue weighted by Gasteiger charge is 2.36. The maximum atomic E-state index is 15.0. The first-order chi connectivity index (χ1) is 8.64. The molecule has 1 aromatic carbocycles. The summed E-state index contributed by atoms with van der Waals surface area (Å²) in [6, 6.07) is 8.10. The fourth-order valence-electron chi connectivity index (χ4n) is 2.84. The van der Waals surface area contributed by atoms with Gasteiger partial charge in [-0.3, -0.25) is 0 Å². The van der Waals surface area contributed by atoms with Crippen molar-refractivity contribution in [2.45, 2.75) is 45.2 Å². The number of piperidine rings is 1. The van der Waals surface area contributed by atoms with E-state index in [0.29, 0.717) is 0 Å². The monoisotopic (exact) mass is 249 g/mol. The van der Waals surface area contributed by atoms with E-state index in [1.165, 1.54) is 5.56 Å². The Hall–Kier alpha value is -0.890. The van der Waals surface area contributed by atoms with Gasteiger partial charge in [-0.15, -0.1) is 0 Å². The molecule has 1 nitrogen and oxygen atoms in total. The highest BCUT2D eigenvalue weighted by molar-refractivity contribution is 5.28. The van der Waals surface area contributed by atoms with Gasteiger partial charge in [0.2, 0.25) is 0 Å². The molecule has 1 aliphatic heterocycles. The number of aryl methyl sites for hydroxylation is 1. The third-order valence-electron chi connectivity index (χ3n) is 4.12. The second-order valence-electron chi connectivity index (χ2n) is 5.57. The van der Waals surface area contributed by atoms with E-state index in [2.05, 4.69) is 24.4 Å². The third kappa shape index (κ3) is 2.92.